The molecule has 0 unspecified atom stereocenters. The molecular weight excluding hydrogens is 472 g/mol. The summed E-state index contributed by atoms with van der Waals surface area (Å²) >= 11 is 1.27. The second kappa shape index (κ2) is 8.87. The van der Waals surface area contributed by atoms with Crippen LogP contribution in [0.15, 0.2) is 76.7 Å². The Kier molecular flexibility index (Phi) is 5.53. The van der Waals surface area contributed by atoms with Crippen molar-refractivity contribution in [3.8, 4) is 11.4 Å². The smallest absolute Gasteiger partial charge is 0.283 e. The molecule has 0 bridgehead atoms. The number of carbonyl (C=O) groups excluding carboxylic acids is 1. The molecule has 7 nitrogen and oxygen atoms in total. The van der Waals surface area contributed by atoms with Crippen LogP contribution in [0.5, 0.6) is 5.75 Å². The van der Waals surface area contributed by atoms with Gasteiger partial charge in [-0.05, 0) is 48.7 Å². The van der Waals surface area contributed by atoms with Gasteiger partial charge in [0.2, 0.25) is 5.91 Å². The number of amides is 1. The van der Waals surface area contributed by atoms with E-state index in [9.17, 15) is 9.59 Å². The number of para-hydroxylation sites is 2. The number of ether oxygens (including phenoxy) is 1. The first-order valence-corrected chi connectivity index (χ1v) is 12.7. The zero-order valence-electron chi connectivity index (χ0n) is 19.9. The third-order valence-corrected chi connectivity index (χ3v) is 7.51. The number of hydrogen-bond donors (Lipinski definition) is 1. The first-order valence-electron chi connectivity index (χ1n) is 11.7. The Hall–Kier alpha value is -4.04. The highest BCUT2D eigenvalue weighted by molar-refractivity contribution is 7.99. The van der Waals surface area contributed by atoms with Crippen molar-refractivity contribution in [1.29, 1.82) is 0 Å². The number of nitrogens with one attached hydrogen (secondary N) is 1. The first kappa shape index (κ1) is 22.4. The first-order chi connectivity index (χ1) is 17.5. The zero-order valence-corrected chi connectivity index (χ0v) is 20.8. The molecule has 5 aromatic rings. The van der Waals surface area contributed by atoms with Crippen LogP contribution in [0.2, 0.25) is 0 Å². The summed E-state index contributed by atoms with van der Waals surface area (Å²) < 4.78 is 7.15. The van der Waals surface area contributed by atoms with Gasteiger partial charge in [-0.1, -0.05) is 54.2 Å². The van der Waals surface area contributed by atoms with E-state index in [1.54, 1.807) is 11.7 Å². The van der Waals surface area contributed by atoms with Crippen LogP contribution in [0, 0.1) is 6.92 Å². The summed E-state index contributed by atoms with van der Waals surface area (Å²) in [5.74, 6) is 0.700. The lowest BCUT2D eigenvalue weighted by atomic mass is 10.2. The van der Waals surface area contributed by atoms with E-state index < -0.39 is 0 Å². The van der Waals surface area contributed by atoms with E-state index in [0.29, 0.717) is 34.2 Å². The van der Waals surface area contributed by atoms with Gasteiger partial charge in [0, 0.05) is 23.1 Å². The van der Waals surface area contributed by atoms with Gasteiger partial charge in [0.15, 0.2) is 5.16 Å². The number of H-pyrrole nitrogens is 1. The number of methoxy groups -OCH3 is 1. The predicted molar refractivity (Wildman–Crippen MR) is 144 cm³/mol. The average molecular weight is 497 g/mol. The van der Waals surface area contributed by atoms with E-state index in [2.05, 4.69) is 11.1 Å². The number of aryl methyl sites for hydroxylation is 1. The molecule has 1 amide bonds. The third-order valence-electron chi connectivity index (χ3n) is 6.58. The Morgan fingerprint density at radius 2 is 1.89 bits per heavy atom. The summed E-state index contributed by atoms with van der Waals surface area (Å²) in [5, 5.41) is 1.32. The fourth-order valence-electron chi connectivity index (χ4n) is 4.83. The van der Waals surface area contributed by atoms with Gasteiger partial charge in [-0.3, -0.25) is 9.59 Å². The number of aromatic amines is 1. The normalized spacial score (nSPS) is 12.9. The number of thioether (sulfide) groups is 1. The van der Waals surface area contributed by atoms with Crippen molar-refractivity contribution in [2.24, 2.45) is 0 Å². The molecule has 36 heavy (non-hydrogen) atoms. The average Bonchev–Trinajstić information content (AvgIpc) is 3.49. The summed E-state index contributed by atoms with van der Waals surface area (Å²) in [6, 6.07) is 21.4. The summed E-state index contributed by atoms with van der Waals surface area (Å²) in [6.07, 6.45) is 0.845. The maximum absolute atomic E-state index is 13.9. The van der Waals surface area contributed by atoms with Gasteiger partial charge < -0.3 is 14.6 Å². The van der Waals surface area contributed by atoms with Crippen molar-refractivity contribution < 1.29 is 9.53 Å². The molecule has 0 fully saturated rings. The van der Waals surface area contributed by atoms with Gasteiger partial charge in [0.25, 0.3) is 5.56 Å². The number of fused-ring (bicyclic) bond motifs is 4. The molecule has 0 spiro atoms. The number of nitrogens with zero attached hydrogens (tertiary/aromatic N) is 3. The summed E-state index contributed by atoms with van der Waals surface area (Å²) in [6.45, 7) is 2.62. The molecule has 3 aromatic carbocycles. The van der Waals surface area contributed by atoms with Crippen molar-refractivity contribution in [2.45, 2.75) is 18.5 Å². The van der Waals surface area contributed by atoms with Gasteiger partial charge in [-0.2, -0.15) is 0 Å². The van der Waals surface area contributed by atoms with Crippen LogP contribution in [-0.2, 0) is 11.2 Å². The van der Waals surface area contributed by atoms with E-state index in [1.807, 2.05) is 72.5 Å². The molecular formula is C28H24N4O3S. The lowest BCUT2D eigenvalue weighted by Gasteiger charge is -2.18. The van der Waals surface area contributed by atoms with Crippen LogP contribution in [-0.4, -0.2) is 39.8 Å². The SMILES string of the molecule is COc1ccc(C)cc1-n1c(SCC(=O)N2CCc3ccccc32)nc2c([nH]c3ccccc32)c1=O. The molecule has 0 saturated carbocycles. The molecule has 0 atom stereocenters. The number of rotatable bonds is 5. The summed E-state index contributed by atoms with van der Waals surface area (Å²) in [5.41, 5.74) is 5.33. The Morgan fingerprint density at radius 1 is 1.08 bits per heavy atom. The van der Waals surface area contributed by atoms with Crippen LogP contribution in [0.25, 0.3) is 27.6 Å². The number of aromatic nitrogens is 3. The van der Waals surface area contributed by atoms with Crippen LogP contribution in [0.1, 0.15) is 11.1 Å². The molecule has 180 valence electrons. The fraction of sp³-hybridized carbons (Fsp3) is 0.179. The Bertz CT molecular complexity index is 1710. The number of benzene rings is 3. The van der Waals surface area contributed by atoms with Crippen molar-refractivity contribution in [1.82, 2.24) is 14.5 Å². The van der Waals surface area contributed by atoms with E-state index in [4.69, 9.17) is 9.72 Å². The van der Waals surface area contributed by atoms with Gasteiger partial charge in [0.05, 0.1) is 18.6 Å². The van der Waals surface area contributed by atoms with Crippen LogP contribution in [0.4, 0.5) is 5.69 Å². The summed E-state index contributed by atoms with van der Waals surface area (Å²) in [4.78, 5) is 37.1. The lowest BCUT2D eigenvalue weighted by Crippen LogP contribution is -2.31. The molecule has 6 rings (SSSR count). The minimum atomic E-state index is -0.235. The standard InChI is InChI=1S/C28H24N4O3S/c1-17-11-12-23(35-2)22(15-17)32-27(34)26-25(19-8-4-5-9-20(19)29-26)30-28(32)36-16-24(33)31-14-13-18-7-3-6-10-21(18)31/h3-12,15,29H,13-14,16H2,1-2H3. The van der Waals surface area contributed by atoms with Gasteiger partial charge in [-0.15, -0.1) is 0 Å². The maximum atomic E-state index is 13.9. The molecule has 0 radical (unpaired) electrons. The predicted octanol–water partition coefficient (Wildman–Crippen LogP) is 4.87. The molecule has 1 aliphatic rings. The van der Waals surface area contributed by atoms with Crippen molar-refractivity contribution >= 4 is 45.3 Å². The van der Waals surface area contributed by atoms with E-state index >= 15 is 0 Å². The van der Waals surface area contributed by atoms with Gasteiger partial charge in [-0.25, -0.2) is 9.55 Å². The molecule has 0 saturated heterocycles. The molecule has 0 aliphatic carbocycles. The van der Waals surface area contributed by atoms with Crippen LogP contribution >= 0.6 is 11.8 Å². The fourth-order valence-corrected chi connectivity index (χ4v) is 5.70. The molecule has 3 heterocycles. The summed E-state index contributed by atoms with van der Waals surface area (Å²) in [7, 11) is 1.58. The van der Waals surface area contributed by atoms with Gasteiger partial charge >= 0.3 is 0 Å². The monoisotopic (exact) mass is 496 g/mol. The Labute approximate surface area is 211 Å². The second-order valence-electron chi connectivity index (χ2n) is 8.82. The van der Waals surface area contributed by atoms with Crippen molar-refractivity contribution in [3.63, 3.8) is 0 Å². The molecule has 1 aliphatic heterocycles. The topological polar surface area (TPSA) is 80.2 Å². The van der Waals surface area contributed by atoms with Crippen LogP contribution in [0.3, 0.4) is 0 Å². The largest absolute Gasteiger partial charge is 0.495 e. The third kappa shape index (κ3) is 3.65. The number of anilines is 1. The maximum Gasteiger partial charge on any atom is 0.283 e. The minimum absolute atomic E-state index is 0.0130. The lowest BCUT2D eigenvalue weighted by molar-refractivity contribution is -0.116. The van der Waals surface area contributed by atoms with E-state index in [0.717, 1.165) is 28.6 Å². The number of carbonyl (C=O) groups is 1. The second-order valence-corrected chi connectivity index (χ2v) is 9.76. The molecule has 8 heteroatoms. The highest BCUT2D eigenvalue weighted by Gasteiger charge is 2.26. The molecule has 2 aromatic heterocycles. The molecule has 1 N–H and O–H groups in total. The zero-order chi connectivity index (χ0) is 24.8. The van der Waals surface area contributed by atoms with Gasteiger partial charge in [0.1, 0.15) is 16.8 Å². The van der Waals surface area contributed by atoms with Crippen LogP contribution < -0.4 is 15.2 Å². The van der Waals surface area contributed by atoms with E-state index in [-0.39, 0.29) is 17.2 Å². The van der Waals surface area contributed by atoms with E-state index in [1.165, 1.54) is 17.3 Å². The Balaban J connectivity index is 1.47. The Morgan fingerprint density at radius 3 is 2.75 bits per heavy atom. The minimum Gasteiger partial charge on any atom is -0.495 e. The highest BCUT2D eigenvalue weighted by Crippen LogP contribution is 2.32. The highest BCUT2D eigenvalue weighted by atomic mass is 32.2. The number of hydrogen-bond acceptors (Lipinski definition) is 5. The van der Waals surface area contributed by atoms with Crippen molar-refractivity contribution in [2.75, 3.05) is 24.3 Å². The quantitative estimate of drug-likeness (QED) is 0.278. The van der Waals surface area contributed by atoms with Crippen molar-refractivity contribution in [3.05, 3.63) is 88.2 Å².